The van der Waals surface area contributed by atoms with Crippen LogP contribution in [0.25, 0.3) is 0 Å². The first-order valence-electron chi connectivity index (χ1n) is 6.59. The van der Waals surface area contributed by atoms with Crippen LogP contribution in [-0.4, -0.2) is 12.5 Å². The van der Waals surface area contributed by atoms with Crippen LogP contribution in [0.4, 0.5) is 0 Å². The SMILES string of the molecule is Cc1ccc(OCC(=O)NC(C)c2cccs2)c(C)c1. The normalized spacial score (nSPS) is 11.9. The Labute approximate surface area is 123 Å². The minimum absolute atomic E-state index is 0.0187. The molecular weight excluding hydrogens is 270 g/mol. The van der Waals surface area contributed by atoms with Gasteiger partial charge in [-0.05, 0) is 43.8 Å². The van der Waals surface area contributed by atoms with Crippen molar-refractivity contribution in [3.8, 4) is 5.75 Å². The lowest BCUT2D eigenvalue weighted by atomic mass is 10.1. The summed E-state index contributed by atoms with van der Waals surface area (Å²) < 4.78 is 5.56. The van der Waals surface area contributed by atoms with Crippen molar-refractivity contribution < 1.29 is 9.53 Å². The van der Waals surface area contributed by atoms with E-state index < -0.39 is 0 Å². The van der Waals surface area contributed by atoms with Gasteiger partial charge in [0.15, 0.2) is 6.61 Å². The van der Waals surface area contributed by atoms with E-state index in [1.54, 1.807) is 11.3 Å². The van der Waals surface area contributed by atoms with Gasteiger partial charge in [0.1, 0.15) is 5.75 Å². The van der Waals surface area contributed by atoms with Crippen LogP contribution < -0.4 is 10.1 Å². The van der Waals surface area contributed by atoms with Gasteiger partial charge in [-0.3, -0.25) is 4.79 Å². The zero-order valence-corrected chi connectivity index (χ0v) is 12.8. The van der Waals surface area contributed by atoms with Gasteiger partial charge in [-0.1, -0.05) is 23.8 Å². The number of benzene rings is 1. The van der Waals surface area contributed by atoms with Crippen molar-refractivity contribution in [2.75, 3.05) is 6.61 Å². The lowest BCUT2D eigenvalue weighted by Crippen LogP contribution is -2.30. The molecule has 1 heterocycles. The van der Waals surface area contributed by atoms with Gasteiger partial charge in [-0.25, -0.2) is 0 Å². The molecule has 20 heavy (non-hydrogen) atoms. The molecule has 0 aliphatic carbocycles. The van der Waals surface area contributed by atoms with Crippen LogP contribution in [0.2, 0.25) is 0 Å². The van der Waals surface area contributed by atoms with Crippen LogP contribution in [0.3, 0.4) is 0 Å². The molecule has 1 atom stereocenters. The maximum Gasteiger partial charge on any atom is 0.258 e. The largest absolute Gasteiger partial charge is 0.484 e. The van der Waals surface area contributed by atoms with Crippen molar-refractivity contribution in [1.82, 2.24) is 5.32 Å². The van der Waals surface area contributed by atoms with Crippen molar-refractivity contribution in [2.45, 2.75) is 26.8 Å². The van der Waals surface area contributed by atoms with E-state index in [0.717, 1.165) is 16.2 Å². The highest BCUT2D eigenvalue weighted by molar-refractivity contribution is 7.10. The molecule has 0 saturated carbocycles. The van der Waals surface area contributed by atoms with E-state index in [1.807, 2.05) is 56.5 Å². The van der Waals surface area contributed by atoms with E-state index in [0.29, 0.717) is 0 Å². The first kappa shape index (κ1) is 14.6. The number of amides is 1. The summed E-state index contributed by atoms with van der Waals surface area (Å²) in [5, 5.41) is 4.93. The molecule has 0 spiro atoms. The topological polar surface area (TPSA) is 38.3 Å². The highest BCUT2D eigenvalue weighted by Crippen LogP contribution is 2.19. The number of hydrogen-bond acceptors (Lipinski definition) is 3. The predicted molar refractivity (Wildman–Crippen MR) is 82.3 cm³/mol. The second-order valence-corrected chi connectivity index (χ2v) is 5.84. The fourth-order valence-electron chi connectivity index (χ4n) is 2.00. The Kier molecular flexibility index (Phi) is 4.79. The molecule has 1 amide bonds. The van der Waals surface area contributed by atoms with Gasteiger partial charge in [0.25, 0.3) is 5.91 Å². The van der Waals surface area contributed by atoms with Crippen LogP contribution in [0, 0.1) is 13.8 Å². The number of rotatable bonds is 5. The highest BCUT2D eigenvalue weighted by Gasteiger charge is 2.11. The average Bonchev–Trinajstić information content (AvgIpc) is 2.91. The van der Waals surface area contributed by atoms with Crippen LogP contribution in [0.5, 0.6) is 5.75 Å². The zero-order chi connectivity index (χ0) is 14.5. The third-order valence-electron chi connectivity index (χ3n) is 3.04. The van der Waals surface area contributed by atoms with Crippen molar-refractivity contribution >= 4 is 17.2 Å². The van der Waals surface area contributed by atoms with Crippen molar-refractivity contribution in [3.05, 3.63) is 51.7 Å². The van der Waals surface area contributed by atoms with Gasteiger partial charge in [-0.15, -0.1) is 11.3 Å². The minimum Gasteiger partial charge on any atom is -0.484 e. The molecule has 4 heteroatoms. The van der Waals surface area contributed by atoms with Gasteiger partial charge in [0.2, 0.25) is 0 Å². The first-order chi connectivity index (χ1) is 9.56. The third-order valence-corrected chi connectivity index (χ3v) is 4.09. The molecule has 0 radical (unpaired) electrons. The molecule has 2 aromatic rings. The third kappa shape index (κ3) is 3.84. The molecule has 2 rings (SSSR count). The minimum atomic E-state index is -0.106. The van der Waals surface area contributed by atoms with Gasteiger partial charge in [-0.2, -0.15) is 0 Å². The first-order valence-corrected chi connectivity index (χ1v) is 7.47. The van der Waals surface area contributed by atoms with Gasteiger partial charge >= 0.3 is 0 Å². The monoisotopic (exact) mass is 289 g/mol. The van der Waals surface area contributed by atoms with E-state index in [4.69, 9.17) is 4.74 Å². The molecule has 0 fully saturated rings. The van der Waals surface area contributed by atoms with E-state index >= 15 is 0 Å². The molecule has 3 nitrogen and oxygen atoms in total. The summed E-state index contributed by atoms with van der Waals surface area (Å²) in [6.45, 7) is 6.03. The van der Waals surface area contributed by atoms with Crippen LogP contribution >= 0.6 is 11.3 Å². The molecule has 1 N–H and O–H groups in total. The Balaban J connectivity index is 1.86. The number of nitrogens with one attached hydrogen (secondary N) is 1. The number of carbonyl (C=O) groups excluding carboxylic acids is 1. The number of thiophene rings is 1. The summed E-state index contributed by atoms with van der Waals surface area (Å²) in [7, 11) is 0. The molecule has 0 saturated heterocycles. The number of ether oxygens (including phenoxy) is 1. The fourth-order valence-corrected chi connectivity index (χ4v) is 2.73. The van der Waals surface area contributed by atoms with Gasteiger partial charge in [0.05, 0.1) is 6.04 Å². The number of hydrogen-bond donors (Lipinski definition) is 1. The van der Waals surface area contributed by atoms with E-state index in [-0.39, 0.29) is 18.6 Å². The summed E-state index contributed by atoms with van der Waals surface area (Å²) in [6.07, 6.45) is 0. The summed E-state index contributed by atoms with van der Waals surface area (Å²) in [6, 6.07) is 9.94. The summed E-state index contributed by atoms with van der Waals surface area (Å²) in [5.41, 5.74) is 2.23. The van der Waals surface area contributed by atoms with E-state index in [1.165, 1.54) is 5.56 Å². The molecule has 1 aromatic heterocycles. The van der Waals surface area contributed by atoms with Crippen LogP contribution in [0.1, 0.15) is 29.0 Å². The molecule has 0 bridgehead atoms. The quantitative estimate of drug-likeness (QED) is 0.913. The second kappa shape index (κ2) is 6.57. The Morgan fingerprint density at radius 1 is 1.35 bits per heavy atom. The summed E-state index contributed by atoms with van der Waals surface area (Å²) in [5.74, 6) is 0.653. The Morgan fingerprint density at radius 3 is 2.80 bits per heavy atom. The average molecular weight is 289 g/mol. The van der Waals surface area contributed by atoms with E-state index in [2.05, 4.69) is 5.32 Å². The van der Waals surface area contributed by atoms with Crippen molar-refractivity contribution in [2.24, 2.45) is 0 Å². The predicted octanol–water partition coefficient (Wildman–Crippen LogP) is 3.62. The number of carbonyl (C=O) groups is 1. The van der Waals surface area contributed by atoms with Gasteiger partial charge in [0, 0.05) is 4.88 Å². The molecule has 0 aliphatic rings. The van der Waals surface area contributed by atoms with Crippen molar-refractivity contribution in [3.63, 3.8) is 0 Å². The second-order valence-electron chi connectivity index (χ2n) is 4.86. The van der Waals surface area contributed by atoms with Crippen LogP contribution in [0.15, 0.2) is 35.7 Å². The number of aryl methyl sites for hydroxylation is 2. The maximum absolute atomic E-state index is 11.9. The molecular formula is C16H19NO2S. The van der Waals surface area contributed by atoms with Gasteiger partial charge < -0.3 is 10.1 Å². The Hall–Kier alpha value is -1.81. The maximum atomic E-state index is 11.9. The van der Waals surface area contributed by atoms with Crippen molar-refractivity contribution in [1.29, 1.82) is 0 Å². The highest BCUT2D eigenvalue weighted by atomic mass is 32.1. The molecule has 1 unspecified atom stereocenters. The van der Waals surface area contributed by atoms with Crippen LogP contribution in [-0.2, 0) is 4.79 Å². The molecule has 1 aromatic carbocycles. The fraction of sp³-hybridized carbons (Fsp3) is 0.312. The lowest BCUT2D eigenvalue weighted by molar-refractivity contribution is -0.123. The Morgan fingerprint density at radius 2 is 2.15 bits per heavy atom. The van der Waals surface area contributed by atoms with E-state index in [9.17, 15) is 4.79 Å². The standard InChI is InChI=1S/C16H19NO2S/c1-11-6-7-14(12(2)9-11)19-10-16(18)17-13(3)15-5-4-8-20-15/h4-9,13H,10H2,1-3H3,(H,17,18). The lowest BCUT2D eigenvalue weighted by Gasteiger charge is -2.13. The summed E-state index contributed by atoms with van der Waals surface area (Å²) in [4.78, 5) is 13.0. The smallest absolute Gasteiger partial charge is 0.258 e. The summed E-state index contributed by atoms with van der Waals surface area (Å²) >= 11 is 1.64. The Bertz CT molecular complexity index is 578. The zero-order valence-electron chi connectivity index (χ0n) is 12.0. The molecule has 106 valence electrons. The molecule has 0 aliphatic heterocycles.